The molecule has 0 aromatic rings. The van der Waals surface area contributed by atoms with E-state index in [-0.39, 0.29) is 12.1 Å². The molecule has 0 saturated carbocycles. The van der Waals surface area contributed by atoms with Gasteiger partial charge in [0.05, 0.1) is 13.2 Å². The van der Waals surface area contributed by atoms with Crippen molar-refractivity contribution in [2.75, 3.05) is 19.8 Å². The van der Waals surface area contributed by atoms with Gasteiger partial charge in [0.15, 0.2) is 0 Å². The average Bonchev–Trinajstić information content (AvgIpc) is 2.44. The molecule has 0 atom stereocenters. The van der Waals surface area contributed by atoms with Crippen LogP contribution in [0.3, 0.4) is 0 Å². The van der Waals surface area contributed by atoms with E-state index in [1.165, 1.54) is 0 Å². The number of nitrogens with one attached hydrogen (secondary N) is 1. The highest BCUT2D eigenvalue weighted by molar-refractivity contribution is 5.69. The van der Waals surface area contributed by atoms with Crippen molar-refractivity contribution in [3.8, 4) is 0 Å². The van der Waals surface area contributed by atoms with Crippen LogP contribution in [-0.2, 0) is 14.3 Å². The molecule has 22 heavy (non-hydrogen) atoms. The minimum Gasteiger partial charge on any atom is -0.466 e. The van der Waals surface area contributed by atoms with E-state index < -0.39 is 0 Å². The van der Waals surface area contributed by atoms with Gasteiger partial charge in [0, 0.05) is 13.0 Å². The number of esters is 1. The summed E-state index contributed by atoms with van der Waals surface area (Å²) in [6.45, 7) is 9.86. The van der Waals surface area contributed by atoms with Crippen LogP contribution in [0, 0.1) is 11.8 Å². The first kappa shape index (κ1) is 20.7. The minimum atomic E-state index is -0.363. The normalized spacial score (nSPS) is 10.8. The van der Waals surface area contributed by atoms with Crippen LogP contribution < -0.4 is 5.32 Å². The number of rotatable bonds is 12. The molecule has 0 unspecified atom stereocenters. The Balaban J connectivity index is 3.34. The lowest BCUT2D eigenvalue weighted by Gasteiger charge is -2.08. The van der Waals surface area contributed by atoms with Gasteiger partial charge in [-0.05, 0) is 37.5 Å². The van der Waals surface area contributed by atoms with E-state index in [0.29, 0.717) is 38.0 Å². The Morgan fingerprint density at radius 2 is 1.64 bits per heavy atom. The van der Waals surface area contributed by atoms with E-state index in [4.69, 9.17) is 9.47 Å². The predicted octanol–water partition coefficient (Wildman–Crippen LogP) is 3.91. The summed E-state index contributed by atoms with van der Waals surface area (Å²) in [6, 6.07) is 0. The van der Waals surface area contributed by atoms with Crippen LogP contribution >= 0.6 is 0 Å². The van der Waals surface area contributed by atoms with Gasteiger partial charge in [-0.1, -0.05) is 34.1 Å². The van der Waals surface area contributed by atoms with E-state index in [1.807, 2.05) is 13.8 Å². The van der Waals surface area contributed by atoms with E-state index in [0.717, 1.165) is 32.1 Å². The molecule has 0 aromatic carbocycles. The van der Waals surface area contributed by atoms with Crippen LogP contribution in [0.15, 0.2) is 0 Å². The van der Waals surface area contributed by atoms with Crippen LogP contribution in [0.5, 0.6) is 0 Å². The van der Waals surface area contributed by atoms with Gasteiger partial charge in [-0.15, -0.1) is 0 Å². The Hall–Kier alpha value is -1.26. The highest BCUT2D eigenvalue weighted by Gasteiger charge is 2.04. The molecule has 130 valence electrons. The Morgan fingerprint density at radius 1 is 0.909 bits per heavy atom. The quantitative estimate of drug-likeness (QED) is 0.438. The second-order valence-electron chi connectivity index (χ2n) is 6.49. The zero-order valence-corrected chi connectivity index (χ0v) is 14.7. The van der Waals surface area contributed by atoms with Crippen molar-refractivity contribution in [1.82, 2.24) is 5.32 Å². The van der Waals surface area contributed by atoms with Crippen molar-refractivity contribution in [2.24, 2.45) is 11.8 Å². The number of carbonyl (C=O) groups is 2. The SMILES string of the molecule is CC(C)CCCOC(=O)CCCCCNC(=O)OCC(C)C. The second kappa shape index (κ2) is 13.4. The third-order valence-corrected chi connectivity index (χ3v) is 3.06. The summed E-state index contributed by atoms with van der Waals surface area (Å²) < 4.78 is 10.2. The molecular formula is C17H33NO4. The van der Waals surface area contributed by atoms with E-state index >= 15 is 0 Å². The van der Waals surface area contributed by atoms with Crippen molar-refractivity contribution >= 4 is 12.1 Å². The van der Waals surface area contributed by atoms with Gasteiger partial charge in [0.25, 0.3) is 0 Å². The number of carbonyl (C=O) groups excluding carboxylic acids is 2. The molecule has 0 saturated heterocycles. The molecule has 5 nitrogen and oxygen atoms in total. The van der Waals surface area contributed by atoms with E-state index in [2.05, 4.69) is 19.2 Å². The molecule has 0 fully saturated rings. The Bertz CT molecular complexity index is 303. The molecule has 5 heteroatoms. The lowest BCUT2D eigenvalue weighted by molar-refractivity contribution is -0.143. The fourth-order valence-electron chi connectivity index (χ4n) is 1.80. The Morgan fingerprint density at radius 3 is 2.27 bits per heavy atom. The summed E-state index contributed by atoms with van der Waals surface area (Å²) in [4.78, 5) is 22.7. The number of hydrogen-bond acceptors (Lipinski definition) is 4. The first-order valence-corrected chi connectivity index (χ1v) is 8.48. The Kier molecular flexibility index (Phi) is 12.6. The molecule has 0 aromatic heterocycles. The van der Waals surface area contributed by atoms with E-state index in [1.54, 1.807) is 0 Å². The standard InChI is InChI=1S/C17H33NO4/c1-14(2)9-8-12-21-16(19)10-6-5-7-11-18-17(20)22-13-15(3)4/h14-15H,5-13H2,1-4H3,(H,18,20). The van der Waals surface area contributed by atoms with Crippen LogP contribution in [0.2, 0.25) is 0 Å². The van der Waals surface area contributed by atoms with Crippen molar-refractivity contribution in [3.63, 3.8) is 0 Å². The maximum atomic E-state index is 11.5. The molecule has 0 bridgehead atoms. The zero-order valence-electron chi connectivity index (χ0n) is 14.7. The molecule has 0 aliphatic heterocycles. The molecule has 0 heterocycles. The van der Waals surface area contributed by atoms with E-state index in [9.17, 15) is 9.59 Å². The maximum Gasteiger partial charge on any atom is 0.407 e. The summed E-state index contributed by atoms with van der Waals surface area (Å²) in [5, 5.41) is 2.70. The topological polar surface area (TPSA) is 64.6 Å². The minimum absolute atomic E-state index is 0.118. The van der Waals surface area contributed by atoms with Gasteiger partial charge >= 0.3 is 12.1 Å². The third-order valence-electron chi connectivity index (χ3n) is 3.06. The van der Waals surface area contributed by atoms with Crippen molar-refractivity contribution in [2.45, 2.75) is 66.2 Å². The molecule has 1 N–H and O–H groups in total. The number of ether oxygens (including phenoxy) is 2. The van der Waals surface area contributed by atoms with Gasteiger partial charge in [-0.2, -0.15) is 0 Å². The fourth-order valence-corrected chi connectivity index (χ4v) is 1.80. The molecule has 0 aliphatic rings. The van der Waals surface area contributed by atoms with Crippen molar-refractivity contribution in [1.29, 1.82) is 0 Å². The summed E-state index contributed by atoms with van der Waals surface area (Å²) in [6.07, 6.45) is 4.66. The van der Waals surface area contributed by atoms with Crippen LogP contribution in [0.25, 0.3) is 0 Å². The molecular weight excluding hydrogens is 282 g/mol. The number of amides is 1. The first-order valence-electron chi connectivity index (χ1n) is 8.48. The highest BCUT2D eigenvalue weighted by Crippen LogP contribution is 2.05. The lowest BCUT2D eigenvalue weighted by Crippen LogP contribution is -2.26. The third kappa shape index (κ3) is 15.1. The second-order valence-corrected chi connectivity index (χ2v) is 6.49. The maximum absolute atomic E-state index is 11.5. The molecule has 0 spiro atoms. The average molecular weight is 315 g/mol. The van der Waals surface area contributed by atoms with Crippen LogP contribution in [-0.4, -0.2) is 31.8 Å². The van der Waals surface area contributed by atoms with Crippen LogP contribution in [0.4, 0.5) is 4.79 Å². The monoisotopic (exact) mass is 315 g/mol. The van der Waals surface area contributed by atoms with Gasteiger partial charge in [0.2, 0.25) is 0 Å². The number of unbranched alkanes of at least 4 members (excludes halogenated alkanes) is 2. The Labute approximate surface area is 135 Å². The predicted molar refractivity (Wildman–Crippen MR) is 87.7 cm³/mol. The molecule has 0 rings (SSSR count). The summed E-state index contributed by atoms with van der Waals surface area (Å²) >= 11 is 0. The van der Waals surface area contributed by atoms with Crippen molar-refractivity contribution in [3.05, 3.63) is 0 Å². The highest BCUT2D eigenvalue weighted by atomic mass is 16.5. The molecule has 1 amide bonds. The number of hydrogen-bond donors (Lipinski definition) is 1. The van der Waals surface area contributed by atoms with Crippen LogP contribution in [0.1, 0.15) is 66.2 Å². The summed E-state index contributed by atoms with van der Waals surface area (Å²) in [5.41, 5.74) is 0. The molecule has 0 radical (unpaired) electrons. The zero-order chi connectivity index (χ0) is 16.8. The first-order chi connectivity index (χ1) is 10.4. The lowest BCUT2D eigenvalue weighted by atomic mass is 10.1. The van der Waals surface area contributed by atoms with Gasteiger partial charge in [-0.3, -0.25) is 4.79 Å². The smallest absolute Gasteiger partial charge is 0.407 e. The van der Waals surface area contributed by atoms with Gasteiger partial charge < -0.3 is 14.8 Å². The van der Waals surface area contributed by atoms with Gasteiger partial charge in [-0.25, -0.2) is 4.79 Å². The summed E-state index contributed by atoms with van der Waals surface area (Å²) in [5.74, 6) is 0.879. The summed E-state index contributed by atoms with van der Waals surface area (Å²) in [7, 11) is 0. The molecule has 0 aliphatic carbocycles. The van der Waals surface area contributed by atoms with Crippen molar-refractivity contribution < 1.29 is 19.1 Å². The fraction of sp³-hybridized carbons (Fsp3) is 0.882. The number of alkyl carbamates (subject to hydrolysis) is 1. The largest absolute Gasteiger partial charge is 0.466 e. The van der Waals surface area contributed by atoms with Gasteiger partial charge in [0.1, 0.15) is 0 Å².